The second-order valence-electron chi connectivity index (χ2n) is 5.45. The summed E-state index contributed by atoms with van der Waals surface area (Å²) in [7, 11) is -1.85. The van der Waals surface area contributed by atoms with E-state index >= 15 is 0 Å². The largest absolute Gasteiger partial charge is 0.481 e. The molecule has 0 aromatic heterocycles. The highest BCUT2D eigenvalue weighted by molar-refractivity contribution is 9.10. The van der Waals surface area contributed by atoms with Crippen molar-refractivity contribution < 1.29 is 17.9 Å². The van der Waals surface area contributed by atoms with Crippen LogP contribution in [0.5, 0.6) is 5.75 Å². The summed E-state index contributed by atoms with van der Waals surface area (Å²) in [5.41, 5.74) is 1.17. The molecule has 1 N–H and O–H groups in total. The minimum Gasteiger partial charge on any atom is -0.481 e. The van der Waals surface area contributed by atoms with Crippen molar-refractivity contribution in [3.8, 4) is 5.75 Å². The lowest BCUT2D eigenvalue weighted by atomic mass is 10.3. The number of benzene rings is 2. The Morgan fingerprint density at radius 1 is 1.16 bits per heavy atom. The number of anilines is 2. The summed E-state index contributed by atoms with van der Waals surface area (Å²) in [5.74, 6) is 0.185. The molecule has 0 fully saturated rings. The molecule has 1 amide bonds. The van der Waals surface area contributed by atoms with Crippen LogP contribution in [0.4, 0.5) is 11.4 Å². The van der Waals surface area contributed by atoms with Gasteiger partial charge in [-0.1, -0.05) is 12.1 Å². The van der Waals surface area contributed by atoms with Crippen LogP contribution in [0.15, 0.2) is 53.0 Å². The van der Waals surface area contributed by atoms with Gasteiger partial charge < -0.3 is 10.1 Å². The molecular formula is C17H19BrN2O4S. The summed E-state index contributed by atoms with van der Waals surface area (Å²) in [6.07, 6.45) is 0.413. The van der Waals surface area contributed by atoms with Crippen molar-refractivity contribution in [1.29, 1.82) is 0 Å². The topological polar surface area (TPSA) is 75.7 Å². The van der Waals surface area contributed by atoms with Gasteiger partial charge in [0.1, 0.15) is 5.75 Å². The molecule has 0 aliphatic heterocycles. The van der Waals surface area contributed by atoms with E-state index in [9.17, 15) is 13.2 Å². The molecule has 0 radical (unpaired) electrons. The number of sulfonamides is 1. The highest BCUT2D eigenvalue weighted by Gasteiger charge is 2.17. The van der Waals surface area contributed by atoms with Crippen LogP contribution < -0.4 is 14.4 Å². The molecule has 0 aliphatic rings. The standard InChI is InChI=1S/C17H19BrN2O4S/c1-12(17(21)19-16-7-5-4-6-15(16)18)24-14-10-8-13(9-11-14)20(2)25(3,22)23/h4-12H,1-3H3,(H,19,21)/t12-/m1/s1. The second-order valence-corrected chi connectivity index (χ2v) is 8.32. The Morgan fingerprint density at radius 2 is 1.76 bits per heavy atom. The van der Waals surface area contributed by atoms with Gasteiger partial charge in [-0.2, -0.15) is 0 Å². The van der Waals surface area contributed by atoms with Crippen molar-refractivity contribution in [3.05, 3.63) is 53.0 Å². The molecule has 2 rings (SSSR count). The van der Waals surface area contributed by atoms with Gasteiger partial charge in [0.25, 0.3) is 5.91 Å². The summed E-state index contributed by atoms with van der Waals surface area (Å²) in [6.45, 7) is 1.64. The number of hydrogen-bond donors (Lipinski definition) is 1. The van der Waals surface area contributed by atoms with Gasteiger partial charge in [-0.05, 0) is 59.3 Å². The predicted octanol–water partition coefficient (Wildman–Crippen LogP) is 3.25. The van der Waals surface area contributed by atoms with Crippen LogP contribution in [-0.2, 0) is 14.8 Å². The molecule has 0 heterocycles. The first-order chi connectivity index (χ1) is 11.7. The van der Waals surface area contributed by atoms with Crippen molar-refractivity contribution in [1.82, 2.24) is 0 Å². The number of amides is 1. The van der Waals surface area contributed by atoms with Gasteiger partial charge in [0.05, 0.1) is 17.6 Å². The normalized spacial score (nSPS) is 12.3. The zero-order valence-corrected chi connectivity index (χ0v) is 16.5. The maximum absolute atomic E-state index is 12.2. The third-order valence-corrected chi connectivity index (χ3v) is 5.41. The summed E-state index contributed by atoms with van der Waals surface area (Å²) >= 11 is 3.37. The van der Waals surface area contributed by atoms with Crippen LogP contribution in [-0.4, -0.2) is 33.7 Å². The zero-order valence-electron chi connectivity index (χ0n) is 14.1. The third-order valence-electron chi connectivity index (χ3n) is 3.51. The lowest BCUT2D eigenvalue weighted by molar-refractivity contribution is -0.122. The Balaban J connectivity index is 2.02. The van der Waals surface area contributed by atoms with Crippen LogP contribution in [0, 0.1) is 0 Å². The molecule has 8 heteroatoms. The number of hydrogen-bond acceptors (Lipinski definition) is 4. The Labute approximate surface area is 156 Å². The number of carbonyl (C=O) groups is 1. The summed E-state index contributed by atoms with van der Waals surface area (Å²) in [4.78, 5) is 12.2. The molecule has 0 bridgehead atoms. The minimum absolute atomic E-state index is 0.288. The van der Waals surface area contributed by atoms with E-state index in [1.165, 1.54) is 11.4 Å². The van der Waals surface area contributed by atoms with Gasteiger partial charge in [0.15, 0.2) is 6.10 Å². The van der Waals surface area contributed by atoms with E-state index in [1.54, 1.807) is 37.3 Å². The average molecular weight is 427 g/mol. The van der Waals surface area contributed by atoms with Crippen molar-refractivity contribution in [3.63, 3.8) is 0 Å². The Morgan fingerprint density at radius 3 is 2.32 bits per heavy atom. The number of nitrogens with zero attached hydrogens (tertiary/aromatic N) is 1. The fraction of sp³-hybridized carbons (Fsp3) is 0.235. The first-order valence-corrected chi connectivity index (χ1v) is 10.1. The Hall–Kier alpha value is -2.06. The first-order valence-electron chi connectivity index (χ1n) is 7.44. The molecule has 6 nitrogen and oxygen atoms in total. The first kappa shape index (κ1) is 19.3. The second kappa shape index (κ2) is 7.88. The number of nitrogens with one attached hydrogen (secondary N) is 1. The molecule has 0 saturated heterocycles. The maximum Gasteiger partial charge on any atom is 0.265 e. The molecule has 1 atom stereocenters. The number of rotatable bonds is 6. The lowest BCUT2D eigenvalue weighted by Crippen LogP contribution is -2.30. The van der Waals surface area contributed by atoms with E-state index < -0.39 is 16.1 Å². The monoisotopic (exact) mass is 426 g/mol. The Bertz CT molecular complexity index is 853. The molecule has 25 heavy (non-hydrogen) atoms. The smallest absolute Gasteiger partial charge is 0.265 e. The average Bonchev–Trinajstić information content (AvgIpc) is 2.56. The number of para-hydroxylation sites is 1. The quantitative estimate of drug-likeness (QED) is 0.768. The SMILES string of the molecule is C[C@@H](Oc1ccc(N(C)S(C)(=O)=O)cc1)C(=O)Nc1ccccc1Br. The van der Waals surface area contributed by atoms with Gasteiger partial charge in [-0.15, -0.1) is 0 Å². The van der Waals surface area contributed by atoms with Gasteiger partial charge in [-0.3, -0.25) is 9.10 Å². The fourth-order valence-corrected chi connectivity index (χ4v) is 2.87. The third kappa shape index (κ3) is 5.20. The highest BCUT2D eigenvalue weighted by atomic mass is 79.9. The van der Waals surface area contributed by atoms with Crippen LogP contribution in [0.1, 0.15) is 6.92 Å². The van der Waals surface area contributed by atoms with Gasteiger partial charge in [0, 0.05) is 11.5 Å². The van der Waals surface area contributed by atoms with E-state index in [-0.39, 0.29) is 5.91 Å². The lowest BCUT2D eigenvalue weighted by Gasteiger charge is -2.18. The highest BCUT2D eigenvalue weighted by Crippen LogP contribution is 2.23. The van der Waals surface area contributed by atoms with E-state index in [0.717, 1.165) is 10.7 Å². The van der Waals surface area contributed by atoms with Crippen LogP contribution in [0.25, 0.3) is 0 Å². The number of carbonyl (C=O) groups excluding carboxylic acids is 1. The van der Waals surface area contributed by atoms with E-state index in [2.05, 4.69) is 21.2 Å². The van der Waals surface area contributed by atoms with Crippen molar-refractivity contribution >= 4 is 43.2 Å². The van der Waals surface area contributed by atoms with E-state index in [1.807, 2.05) is 18.2 Å². The molecule has 2 aromatic carbocycles. The van der Waals surface area contributed by atoms with Crippen molar-refractivity contribution in [2.24, 2.45) is 0 Å². The minimum atomic E-state index is -3.32. The fourth-order valence-electron chi connectivity index (χ4n) is 1.98. The molecular weight excluding hydrogens is 408 g/mol. The van der Waals surface area contributed by atoms with E-state index in [0.29, 0.717) is 17.1 Å². The van der Waals surface area contributed by atoms with Gasteiger partial charge >= 0.3 is 0 Å². The Kier molecular flexibility index (Phi) is 6.07. The van der Waals surface area contributed by atoms with Gasteiger partial charge in [-0.25, -0.2) is 8.42 Å². The van der Waals surface area contributed by atoms with Crippen LogP contribution in [0.2, 0.25) is 0 Å². The van der Waals surface area contributed by atoms with Gasteiger partial charge in [0.2, 0.25) is 10.0 Å². The summed E-state index contributed by atoms with van der Waals surface area (Å²) < 4.78 is 30.6. The van der Waals surface area contributed by atoms with Crippen LogP contribution in [0.3, 0.4) is 0 Å². The summed E-state index contributed by atoms with van der Waals surface area (Å²) in [5, 5.41) is 2.78. The maximum atomic E-state index is 12.2. The number of halogens is 1. The zero-order chi connectivity index (χ0) is 18.6. The predicted molar refractivity (Wildman–Crippen MR) is 103 cm³/mol. The molecule has 0 unspecified atom stereocenters. The molecule has 0 spiro atoms. The number of ether oxygens (including phenoxy) is 1. The molecule has 2 aromatic rings. The van der Waals surface area contributed by atoms with E-state index in [4.69, 9.17) is 4.74 Å². The van der Waals surface area contributed by atoms with Crippen LogP contribution >= 0.6 is 15.9 Å². The molecule has 0 aliphatic carbocycles. The van der Waals surface area contributed by atoms with Crippen molar-refractivity contribution in [2.75, 3.05) is 22.9 Å². The van der Waals surface area contributed by atoms with Crippen molar-refractivity contribution in [2.45, 2.75) is 13.0 Å². The molecule has 0 saturated carbocycles. The molecule has 134 valence electrons. The summed E-state index contributed by atoms with van der Waals surface area (Å²) in [6, 6.07) is 13.8.